The van der Waals surface area contributed by atoms with Gasteiger partial charge in [0.15, 0.2) is 5.96 Å². The molecule has 1 unspecified atom stereocenters. The van der Waals surface area contributed by atoms with E-state index >= 15 is 0 Å². The topological polar surface area (TPSA) is 48.9 Å². The van der Waals surface area contributed by atoms with Crippen LogP contribution in [0.15, 0.2) is 29.3 Å². The lowest BCUT2D eigenvalue weighted by Crippen LogP contribution is -2.46. The van der Waals surface area contributed by atoms with Gasteiger partial charge in [0, 0.05) is 31.2 Å². The smallest absolute Gasteiger partial charge is 0.387 e. The van der Waals surface area contributed by atoms with Gasteiger partial charge in [-0.2, -0.15) is 8.78 Å². The van der Waals surface area contributed by atoms with Crippen LogP contribution >= 0.6 is 0 Å². The minimum absolute atomic E-state index is 0.173. The maximum atomic E-state index is 12.5. The summed E-state index contributed by atoms with van der Waals surface area (Å²) in [7, 11) is 0. The molecule has 0 spiro atoms. The number of nitrogens with one attached hydrogen (secondary N) is 2. The summed E-state index contributed by atoms with van der Waals surface area (Å²) >= 11 is 0. The molecule has 1 fully saturated rings. The Balaban J connectivity index is 1.94. The number of hydrogen-bond donors (Lipinski definition) is 2. The van der Waals surface area contributed by atoms with Crippen LogP contribution in [0.3, 0.4) is 0 Å². The van der Waals surface area contributed by atoms with Crippen LogP contribution in [0.1, 0.15) is 39.2 Å². The summed E-state index contributed by atoms with van der Waals surface area (Å²) in [6.07, 6.45) is 2.43. The summed E-state index contributed by atoms with van der Waals surface area (Å²) in [5, 5.41) is 6.63. The summed E-state index contributed by atoms with van der Waals surface area (Å²) in [6, 6.07) is 7.34. The highest BCUT2D eigenvalue weighted by Crippen LogP contribution is 2.21. The first kappa shape index (κ1) is 21.4. The van der Waals surface area contributed by atoms with Crippen molar-refractivity contribution in [3.63, 3.8) is 0 Å². The summed E-state index contributed by atoms with van der Waals surface area (Å²) < 4.78 is 29.7. The normalized spacial score (nSPS) is 18.8. The van der Waals surface area contributed by atoms with Crippen molar-refractivity contribution in [2.24, 2.45) is 10.9 Å². The van der Waals surface area contributed by atoms with Crippen LogP contribution in [-0.2, 0) is 6.54 Å². The Kier molecular flexibility index (Phi) is 8.78. The maximum Gasteiger partial charge on any atom is 0.387 e. The minimum Gasteiger partial charge on any atom is -0.434 e. The van der Waals surface area contributed by atoms with Crippen LogP contribution in [0.25, 0.3) is 0 Å². The van der Waals surface area contributed by atoms with Crippen LogP contribution in [0.4, 0.5) is 8.78 Å². The molecule has 1 heterocycles. The second-order valence-corrected chi connectivity index (χ2v) is 7.16. The number of alkyl halides is 2. The van der Waals surface area contributed by atoms with Gasteiger partial charge in [-0.15, -0.1) is 0 Å². The highest BCUT2D eigenvalue weighted by atomic mass is 19.3. The van der Waals surface area contributed by atoms with E-state index in [-0.39, 0.29) is 12.3 Å². The van der Waals surface area contributed by atoms with Gasteiger partial charge in [0.05, 0.1) is 6.54 Å². The predicted octanol–water partition coefficient (Wildman–Crippen LogP) is 3.46. The SMILES string of the molecule is CCNC(=NCc1ccccc1OC(F)F)NCC1CCCN(C(C)C)C1. The number of likely N-dealkylation sites (tertiary alicyclic amines) is 1. The molecule has 7 heteroatoms. The van der Waals surface area contributed by atoms with Crippen molar-refractivity contribution in [1.82, 2.24) is 15.5 Å². The summed E-state index contributed by atoms with van der Waals surface area (Å²) in [6.45, 7) is 7.77. The van der Waals surface area contributed by atoms with Gasteiger partial charge in [0.1, 0.15) is 5.75 Å². The average molecular weight is 382 g/mol. The number of benzene rings is 1. The molecule has 1 aromatic carbocycles. The average Bonchev–Trinajstić information content (AvgIpc) is 2.65. The molecule has 0 saturated carbocycles. The summed E-state index contributed by atoms with van der Waals surface area (Å²) in [5.41, 5.74) is 0.638. The van der Waals surface area contributed by atoms with Crippen molar-refractivity contribution in [2.75, 3.05) is 26.2 Å². The second-order valence-electron chi connectivity index (χ2n) is 7.16. The highest BCUT2D eigenvalue weighted by Gasteiger charge is 2.21. The van der Waals surface area contributed by atoms with E-state index in [1.54, 1.807) is 24.3 Å². The molecule has 2 N–H and O–H groups in total. The van der Waals surface area contributed by atoms with Gasteiger partial charge in [-0.05, 0) is 52.1 Å². The van der Waals surface area contributed by atoms with Crippen LogP contribution in [0, 0.1) is 5.92 Å². The van der Waals surface area contributed by atoms with Crippen LogP contribution in [-0.4, -0.2) is 49.7 Å². The molecule has 1 aliphatic heterocycles. The molecule has 5 nitrogen and oxygen atoms in total. The van der Waals surface area contributed by atoms with Crippen LogP contribution < -0.4 is 15.4 Å². The molecule has 0 radical (unpaired) electrons. The zero-order chi connectivity index (χ0) is 19.6. The van der Waals surface area contributed by atoms with E-state index in [1.165, 1.54) is 19.4 Å². The number of aliphatic imine (C=N–C) groups is 1. The lowest BCUT2D eigenvalue weighted by Gasteiger charge is -2.35. The third-order valence-electron chi connectivity index (χ3n) is 4.78. The number of guanidine groups is 1. The first-order valence-electron chi connectivity index (χ1n) is 9.78. The zero-order valence-electron chi connectivity index (χ0n) is 16.5. The number of piperidine rings is 1. The fraction of sp³-hybridized carbons (Fsp3) is 0.650. The molecule has 0 aliphatic carbocycles. The molecule has 1 aliphatic rings. The molecule has 1 atom stereocenters. The summed E-state index contributed by atoms with van der Waals surface area (Å²) in [5.74, 6) is 1.46. The first-order chi connectivity index (χ1) is 13.0. The van der Waals surface area contributed by atoms with E-state index in [2.05, 4.69) is 39.1 Å². The van der Waals surface area contributed by atoms with Gasteiger partial charge in [-0.1, -0.05) is 18.2 Å². The predicted molar refractivity (Wildman–Crippen MR) is 105 cm³/mol. The van der Waals surface area contributed by atoms with Crippen molar-refractivity contribution in [1.29, 1.82) is 0 Å². The molecule has 1 aromatic rings. The largest absolute Gasteiger partial charge is 0.434 e. The third-order valence-corrected chi connectivity index (χ3v) is 4.78. The zero-order valence-corrected chi connectivity index (χ0v) is 16.5. The van der Waals surface area contributed by atoms with E-state index in [0.717, 1.165) is 19.6 Å². The van der Waals surface area contributed by atoms with Gasteiger partial charge < -0.3 is 20.3 Å². The molecule has 27 heavy (non-hydrogen) atoms. The molecular weight excluding hydrogens is 350 g/mol. The van der Waals surface area contributed by atoms with Crippen molar-refractivity contribution < 1.29 is 13.5 Å². The standard InChI is InChI=1S/C20H32F2N4O/c1-4-23-20(24-12-16-8-7-11-26(14-16)15(2)3)25-13-17-9-5-6-10-18(17)27-19(21)22/h5-6,9-10,15-16,19H,4,7-8,11-14H2,1-3H3,(H2,23,24,25). The molecule has 0 bridgehead atoms. The minimum atomic E-state index is -2.84. The number of rotatable bonds is 8. The van der Waals surface area contributed by atoms with E-state index < -0.39 is 6.61 Å². The summed E-state index contributed by atoms with van der Waals surface area (Å²) in [4.78, 5) is 7.06. The Morgan fingerprint density at radius 2 is 2.07 bits per heavy atom. The van der Waals surface area contributed by atoms with Crippen molar-refractivity contribution in [3.05, 3.63) is 29.8 Å². The van der Waals surface area contributed by atoms with E-state index in [9.17, 15) is 8.78 Å². The van der Waals surface area contributed by atoms with Gasteiger partial charge in [0.2, 0.25) is 0 Å². The fourth-order valence-corrected chi connectivity index (χ4v) is 3.33. The molecule has 1 saturated heterocycles. The monoisotopic (exact) mass is 382 g/mol. The highest BCUT2D eigenvalue weighted by molar-refractivity contribution is 5.79. The van der Waals surface area contributed by atoms with Crippen LogP contribution in [0.2, 0.25) is 0 Å². The molecule has 0 amide bonds. The van der Waals surface area contributed by atoms with Gasteiger partial charge in [0.25, 0.3) is 0 Å². The number of hydrogen-bond acceptors (Lipinski definition) is 3. The third kappa shape index (κ3) is 7.33. The lowest BCUT2D eigenvalue weighted by atomic mass is 9.97. The van der Waals surface area contributed by atoms with E-state index in [0.29, 0.717) is 23.5 Å². The van der Waals surface area contributed by atoms with Gasteiger partial charge in [-0.25, -0.2) is 4.99 Å². The quantitative estimate of drug-likeness (QED) is 0.534. The Labute approximate surface area is 161 Å². The molecule has 0 aromatic heterocycles. The van der Waals surface area contributed by atoms with Crippen LogP contribution in [0.5, 0.6) is 5.75 Å². The van der Waals surface area contributed by atoms with Crippen molar-refractivity contribution >= 4 is 5.96 Å². The van der Waals surface area contributed by atoms with Gasteiger partial charge >= 0.3 is 6.61 Å². The van der Waals surface area contributed by atoms with E-state index in [1.807, 2.05) is 6.92 Å². The first-order valence-corrected chi connectivity index (χ1v) is 9.78. The van der Waals surface area contributed by atoms with Crippen molar-refractivity contribution in [3.8, 4) is 5.75 Å². The molecule has 2 rings (SSSR count). The number of para-hydroxylation sites is 1. The number of halogens is 2. The lowest BCUT2D eigenvalue weighted by molar-refractivity contribution is -0.0504. The fourth-order valence-electron chi connectivity index (χ4n) is 3.33. The molecule has 152 valence electrons. The Hall–Kier alpha value is -1.89. The maximum absolute atomic E-state index is 12.5. The second kappa shape index (κ2) is 11.1. The number of ether oxygens (including phenoxy) is 1. The number of nitrogens with zero attached hydrogens (tertiary/aromatic N) is 2. The molecular formula is C20H32F2N4O. The van der Waals surface area contributed by atoms with Gasteiger partial charge in [-0.3, -0.25) is 0 Å². The Bertz CT molecular complexity index is 595. The Morgan fingerprint density at radius 1 is 1.30 bits per heavy atom. The Morgan fingerprint density at radius 3 is 2.78 bits per heavy atom. The van der Waals surface area contributed by atoms with E-state index in [4.69, 9.17) is 0 Å². The van der Waals surface area contributed by atoms with Crippen molar-refractivity contribution in [2.45, 2.75) is 52.8 Å².